The molecule has 2 aliphatic rings. The van der Waals surface area contributed by atoms with Crippen molar-refractivity contribution in [1.29, 1.82) is 0 Å². The molecular formula is C23H26F3N5O3. The molecule has 8 nitrogen and oxygen atoms in total. The van der Waals surface area contributed by atoms with Gasteiger partial charge in [0.1, 0.15) is 0 Å². The van der Waals surface area contributed by atoms with Crippen molar-refractivity contribution in [3.8, 4) is 0 Å². The van der Waals surface area contributed by atoms with Gasteiger partial charge in [-0.1, -0.05) is 12.1 Å². The van der Waals surface area contributed by atoms with Crippen molar-refractivity contribution in [3.05, 3.63) is 54.0 Å². The number of aromatic amines is 1. The summed E-state index contributed by atoms with van der Waals surface area (Å²) in [7, 11) is 0. The molecule has 5 rings (SSSR count). The number of aromatic nitrogens is 3. The Morgan fingerprint density at radius 3 is 2.65 bits per heavy atom. The summed E-state index contributed by atoms with van der Waals surface area (Å²) in [5.74, 6) is -1.91. The average molecular weight is 477 g/mol. The number of carboxylic acids is 1. The molecule has 3 heterocycles. The first kappa shape index (κ1) is 23.8. The van der Waals surface area contributed by atoms with Gasteiger partial charge in [-0.3, -0.25) is 14.4 Å². The summed E-state index contributed by atoms with van der Waals surface area (Å²) in [6, 6.07) is 10.7. The van der Waals surface area contributed by atoms with Crippen LogP contribution in [-0.4, -0.2) is 55.9 Å². The van der Waals surface area contributed by atoms with E-state index in [9.17, 15) is 18.0 Å². The number of carboxylic acid groups (broad SMARTS) is 1. The minimum atomic E-state index is -5.08. The van der Waals surface area contributed by atoms with E-state index in [1.807, 2.05) is 12.4 Å². The van der Waals surface area contributed by atoms with Gasteiger partial charge in [0.25, 0.3) is 0 Å². The summed E-state index contributed by atoms with van der Waals surface area (Å²) in [4.78, 5) is 26.7. The van der Waals surface area contributed by atoms with Crippen molar-refractivity contribution in [2.45, 2.75) is 38.7 Å². The standard InChI is InChI=1S/C21H25N5O.C2HF3O2/c27-21(16-4-5-16)23-10-15-11-25(14-18-6-9-24-26(18)12-15)13-17-2-1-3-20-19(17)7-8-22-20;3-2(4,5)1(6)7/h1-3,6-9,15-16,22H,4-5,10-14H2,(H,23,27);(H,6,7). The molecule has 0 radical (unpaired) electrons. The molecule has 1 atom stereocenters. The molecule has 0 spiro atoms. The van der Waals surface area contributed by atoms with Crippen molar-refractivity contribution >= 4 is 22.8 Å². The minimum absolute atomic E-state index is 0.226. The van der Waals surface area contributed by atoms with Gasteiger partial charge in [-0.05, 0) is 36.6 Å². The van der Waals surface area contributed by atoms with Crippen LogP contribution in [0.15, 0.2) is 42.7 Å². The number of hydrogen-bond acceptors (Lipinski definition) is 4. The molecule has 1 aliphatic heterocycles. The van der Waals surface area contributed by atoms with Crippen LogP contribution >= 0.6 is 0 Å². The summed E-state index contributed by atoms with van der Waals surface area (Å²) in [5, 5.41) is 16.1. The Hall–Kier alpha value is -3.34. The Balaban J connectivity index is 0.000000344. The quantitative estimate of drug-likeness (QED) is 0.524. The molecule has 0 bridgehead atoms. The maximum Gasteiger partial charge on any atom is 0.490 e. The molecule has 3 N–H and O–H groups in total. The molecular weight excluding hydrogens is 451 g/mol. The van der Waals surface area contributed by atoms with E-state index in [1.165, 1.54) is 22.2 Å². The van der Waals surface area contributed by atoms with Crippen LogP contribution in [0.5, 0.6) is 0 Å². The van der Waals surface area contributed by atoms with Gasteiger partial charge < -0.3 is 15.4 Å². The zero-order chi connectivity index (χ0) is 24.3. The first-order valence-corrected chi connectivity index (χ1v) is 11.1. The van der Waals surface area contributed by atoms with Crippen LogP contribution in [0.4, 0.5) is 13.2 Å². The Morgan fingerprint density at radius 2 is 1.94 bits per heavy atom. The van der Waals surface area contributed by atoms with Crippen LogP contribution in [0.1, 0.15) is 24.1 Å². The van der Waals surface area contributed by atoms with E-state index in [2.05, 4.69) is 55.3 Å². The van der Waals surface area contributed by atoms with E-state index in [1.54, 1.807) is 0 Å². The Labute approximate surface area is 193 Å². The minimum Gasteiger partial charge on any atom is -0.475 e. The number of H-pyrrole nitrogens is 1. The number of aliphatic carboxylic acids is 1. The third-order valence-corrected chi connectivity index (χ3v) is 5.97. The van der Waals surface area contributed by atoms with Crippen LogP contribution < -0.4 is 5.32 Å². The first-order chi connectivity index (χ1) is 16.2. The molecule has 1 fully saturated rings. The lowest BCUT2D eigenvalue weighted by atomic mass is 10.1. The Kier molecular flexibility index (Phi) is 6.92. The monoisotopic (exact) mass is 477 g/mol. The second kappa shape index (κ2) is 9.88. The van der Waals surface area contributed by atoms with Crippen LogP contribution in [0, 0.1) is 11.8 Å². The van der Waals surface area contributed by atoms with Gasteiger partial charge in [-0.2, -0.15) is 18.3 Å². The highest BCUT2D eigenvalue weighted by molar-refractivity contribution is 5.83. The van der Waals surface area contributed by atoms with Crippen LogP contribution in [0.2, 0.25) is 0 Å². The molecule has 0 saturated heterocycles. The third kappa shape index (κ3) is 5.96. The molecule has 1 amide bonds. The van der Waals surface area contributed by atoms with Crippen LogP contribution in [0.3, 0.4) is 0 Å². The average Bonchev–Trinajstić information content (AvgIpc) is 3.41. The Morgan fingerprint density at radius 1 is 1.18 bits per heavy atom. The molecule has 182 valence electrons. The van der Waals surface area contributed by atoms with Crippen molar-refractivity contribution in [3.63, 3.8) is 0 Å². The number of carbonyl (C=O) groups is 2. The summed E-state index contributed by atoms with van der Waals surface area (Å²) in [6.45, 7) is 4.31. The Bertz CT molecular complexity index is 1150. The van der Waals surface area contributed by atoms with E-state index < -0.39 is 12.1 Å². The molecule has 3 aromatic rings. The van der Waals surface area contributed by atoms with E-state index >= 15 is 0 Å². The van der Waals surface area contributed by atoms with E-state index in [0.29, 0.717) is 5.92 Å². The van der Waals surface area contributed by atoms with E-state index in [-0.39, 0.29) is 11.8 Å². The summed E-state index contributed by atoms with van der Waals surface area (Å²) < 4.78 is 33.8. The topological polar surface area (TPSA) is 103 Å². The lowest BCUT2D eigenvalue weighted by Crippen LogP contribution is -2.37. The van der Waals surface area contributed by atoms with Crippen molar-refractivity contribution in [2.75, 3.05) is 13.1 Å². The van der Waals surface area contributed by atoms with Crippen LogP contribution in [0.25, 0.3) is 10.9 Å². The number of carbonyl (C=O) groups excluding carboxylic acids is 1. The van der Waals surface area contributed by atoms with Crippen molar-refractivity contribution in [1.82, 2.24) is 25.0 Å². The number of fused-ring (bicyclic) bond motifs is 2. The van der Waals surface area contributed by atoms with Crippen molar-refractivity contribution in [2.24, 2.45) is 11.8 Å². The zero-order valence-electron chi connectivity index (χ0n) is 18.4. The normalized spacial score (nSPS) is 18.5. The fourth-order valence-corrected chi connectivity index (χ4v) is 4.13. The van der Waals surface area contributed by atoms with Gasteiger partial charge in [0.05, 0.1) is 5.69 Å². The third-order valence-electron chi connectivity index (χ3n) is 5.97. The van der Waals surface area contributed by atoms with Gasteiger partial charge in [-0.15, -0.1) is 0 Å². The number of nitrogens with one attached hydrogen (secondary N) is 2. The number of amides is 1. The second-order valence-corrected chi connectivity index (χ2v) is 8.72. The van der Waals surface area contributed by atoms with Crippen molar-refractivity contribution < 1.29 is 27.9 Å². The number of nitrogens with zero attached hydrogens (tertiary/aromatic N) is 3. The lowest BCUT2D eigenvalue weighted by Gasteiger charge is -2.24. The highest BCUT2D eigenvalue weighted by Crippen LogP contribution is 2.29. The maximum absolute atomic E-state index is 12.1. The molecule has 1 aliphatic carbocycles. The summed E-state index contributed by atoms with van der Waals surface area (Å²) >= 11 is 0. The smallest absolute Gasteiger partial charge is 0.475 e. The highest BCUT2D eigenvalue weighted by Gasteiger charge is 2.38. The fraction of sp³-hybridized carbons (Fsp3) is 0.435. The SMILES string of the molecule is O=C(NCC1CN(Cc2cccc3[nH]ccc23)Cc2ccnn2C1)C1CC1.O=C(O)C(F)(F)F. The molecule has 2 aromatic heterocycles. The largest absolute Gasteiger partial charge is 0.490 e. The zero-order valence-corrected chi connectivity index (χ0v) is 18.4. The number of rotatable bonds is 5. The van der Waals surface area contributed by atoms with Gasteiger partial charge in [0.2, 0.25) is 5.91 Å². The highest BCUT2D eigenvalue weighted by atomic mass is 19.4. The van der Waals surface area contributed by atoms with E-state index in [4.69, 9.17) is 9.90 Å². The van der Waals surface area contributed by atoms with Crippen LogP contribution in [-0.2, 0) is 29.2 Å². The van der Waals surface area contributed by atoms with Gasteiger partial charge in [0, 0.05) is 67.9 Å². The van der Waals surface area contributed by atoms with E-state index in [0.717, 1.165) is 45.6 Å². The number of hydrogen-bond donors (Lipinski definition) is 3. The first-order valence-electron chi connectivity index (χ1n) is 11.1. The van der Waals surface area contributed by atoms with Gasteiger partial charge in [0.15, 0.2) is 0 Å². The van der Waals surface area contributed by atoms with Gasteiger partial charge >= 0.3 is 12.1 Å². The summed E-state index contributed by atoms with van der Waals surface area (Å²) in [6.07, 6.45) is 0.895. The lowest BCUT2D eigenvalue weighted by molar-refractivity contribution is -0.192. The second-order valence-electron chi connectivity index (χ2n) is 8.72. The maximum atomic E-state index is 12.1. The molecule has 1 unspecified atom stereocenters. The molecule has 1 aromatic carbocycles. The number of halogens is 3. The molecule has 11 heteroatoms. The van der Waals surface area contributed by atoms with Gasteiger partial charge in [-0.25, -0.2) is 4.79 Å². The fourth-order valence-electron chi connectivity index (χ4n) is 4.13. The number of benzene rings is 1. The molecule has 34 heavy (non-hydrogen) atoms. The number of alkyl halides is 3. The predicted molar refractivity (Wildman–Crippen MR) is 118 cm³/mol. The predicted octanol–water partition coefficient (Wildman–Crippen LogP) is 3.16. The molecule has 1 saturated carbocycles. The summed E-state index contributed by atoms with van der Waals surface area (Å²) in [5.41, 5.74) is 3.76.